The summed E-state index contributed by atoms with van der Waals surface area (Å²) in [5, 5.41) is 12.0. The van der Waals surface area contributed by atoms with Crippen LogP contribution >= 0.6 is 0 Å². The fourth-order valence-electron chi connectivity index (χ4n) is 4.93. The minimum Gasteiger partial charge on any atom is -0.380 e. The van der Waals surface area contributed by atoms with Gasteiger partial charge in [0.1, 0.15) is 5.60 Å². The van der Waals surface area contributed by atoms with E-state index in [1.54, 1.807) is 0 Å². The number of likely N-dealkylation sites (tertiary alicyclic amines) is 1. The van der Waals surface area contributed by atoms with Crippen molar-refractivity contribution in [2.75, 3.05) is 19.6 Å². The van der Waals surface area contributed by atoms with Crippen molar-refractivity contribution >= 4 is 5.78 Å². The molecule has 0 amide bonds. The van der Waals surface area contributed by atoms with Gasteiger partial charge in [-0.2, -0.15) is 0 Å². The van der Waals surface area contributed by atoms with Crippen molar-refractivity contribution < 1.29 is 9.90 Å². The molecule has 0 radical (unpaired) electrons. The molecule has 1 saturated heterocycles. The van der Waals surface area contributed by atoms with E-state index >= 15 is 0 Å². The predicted octanol–water partition coefficient (Wildman–Crippen LogP) is 5.47. The molecule has 3 nitrogen and oxygen atoms in total. The third-order valence-electron chi connectivity index (χ3n) is 6.95. The topological polar surface area (TPSA) is 40.5 Å². The number of carbonyl (C=O) groups is 1. The Kier molecular flexibility index (Phi) is 7.19. The van der Waals surface area contributed by atoms with Crippen LogP contribution in [0.2, 0.25) is 0 Å². The highest BCUT2D eigenvalue weighted by Gasteiger charge is 2.41. The van der Waals surface area contributed by atoms with Crippen LogP contribution in [0, 0.1) is 5.92 Å². The molecule has 3 aromatic carbocycles. The minimum absolute atomic E-state index is 0.140. The maximum Gasteiger partial charge on any atom is 0.164 e. The number of aliphatic hydroxyl groups is 1. The first kappa shape index (κ1) is 22.4. The van der Waals surface area contributed by atoms with Gasteiger partial charge in [0.05, 0.1) is 0 Å². The third kappa shape index (κ3) is 4.85. The first-order chi connectivity index (χ1) is 15.6. The Hall–Kier alpha value is -2.75. The van der Waals surface area contributed by atoms with Crippen molar-refractivity contribution in [3.05, 3.63) is 107 Å². The quantitative estimate of drug-likeness (QED) is 0.485. The molecule has 0 aromatic heterocycles. The largest absolute Gasteiger partial charge is 0.380 e. The molecule has 1 aliphatic rings. The zero-order valence-corrected chi connectivity index (χ0v) is 18.9. The van der Waals surface area contributed by atoms with Crippen LogP contribution in [-0.4, -0.2) is 35.4 Å². The summed E-state index contributed by atoms with van der Waals surface area (Å²) in [5.41, 5.74) is 2.98. The van der Waals surface area contributed by atoms with Gasteiger partial charge in [-0.3, -0.25) is 4.79 Å². The van der Waals surface area contributed by atoms with Crippen molar-refractivity contribution in [1.29, 1.82) is 0 Å². The minimum atomic E-state index is -0.995. The maximum atomic E-state index is 12.6. The van der Waals surface area contributed by atoms with E-state index in [4.69, 9.17) is 0 Å². The van der Waals surface area contributed by atoms with Crippen LogP contribution < -0.4 is 0 Å². The average Bonchev–Trinajstić information content (AvgIpc) is 2.88. The van der Waals surface area contributed by atoms with E-state index in [0.29, 0.717) is 6.42 Å². The highest BCUT2D eigenvalue weighted by atomic mass is 16.3. The number of piperidine rings is 1. The Morgan fingerprint density at radius 2 is 1.41 bits per heavy atom. The van der Waals surface area contributed by atoms with Gasteiger partial charge in [-0.05, 0) is 55.0 Å². The Morgan fingerprint density at radius 3 is 1.91 bits per heavy atom. The molecule has 0 bridgehead atoms. The summed E-state index contributed by atoms with van der Waals surface area (Å²) >= 11 is 0. The van der Waals surface area contributed by atoms with Gasteiger partial charge in [-0.25, -0.2) is 0 Å². The summed E-state index contributed by atoms with van der Waals surface area (Å²) in [7, 11) is 0. The molecule has 4 rings (SSSR count). The lowest BCUT2D eigenvalue weighted by atomic mass is 9.72. The lowest BCUT2D eigenvalue weighted by molar-refractivity contribution is -0.0141. The highest BCUT2D eigenvalue weighted by Crippen LogP contribution is 2.41. The smallest absolute Gasteiger partial charge is 0.164 e. The van der Waals surface area contributed by atoms with Crippen LogP contribution in [0.1, 0.15) is 53.2 Å². The second-order valence-corrected chi connectivity index (χ2v) is 8.84. The van der Waals surface area contributed by atoms with Gasteiger partial charge in [0.25, 0.3) is 0 Å². The number of aryl methyl sites for hydroxylation is 1. The van der Waals surface area contributed by atoms with Crippen LogP contribution in [0.25, 0.3) is 0 Å². The molecule has 0 saturated carbocycles. The Balaban J connectivity index is 1.39. The van der Waals surface area contributed by atoms with Crippen LogP contribution in [0.4, 0.5) is 0 Å². The maximum absolute atomic E-state index is 12.6. The molecule has 1 aliphatic heterocycles. The number of rotatable bonds is 8. The standard InChI is InChI=1S/C29H33NO2/c1-2-23-13-15-24(16-14-23)28(31)19-22-30-20-17-27(18-21-30)29(32,25-9-5-3-6-10-25)26-11-7-4-8-12-26/h3-16,27,32H,2,17-22H2,1H3. The summed E-state index contributed by atoms with van der Waals surface area (Å²) in [6.45, 7) is 4.69. The zero-order valence-electron chi connectivity index (χ0n) is 18.9. The highest BCUT2D eigenvalue weighted by molar-refractivity contribution is 5.96. The fraction of sp³-hybridized carbons (Fsp3) is 0.345. The van der Waals surface area contributed by atoms with E-state index in [9.17, 15) is 9.90 Å². The molecule has 0 spiro atoms. The Morgan fingerprint density at radius 1 is 0.875 bits per heavy atom. The molecule has 1 N–H and O–H groups in total. The van der Waals surface area contributed by atoms with Gasteiger partial charge in [0.15, 0.2) is 5.78 Å². The van der Waals surface area contributed by atoms with Crippen LogP contribution in [-0.2, 0) is 12.0 Å². The zero-order chi connectivity index (χ0) is 22.4. The molecular formula is C29H33NO2. The molecule has 32 heavy (non-hydrogen) atoms. The monoisotopic (exact) mass is 427 g/mol. The van der Waals surface area contributed by atoms with Crippen LogP contribution in [0.3, 0.4) is 0 Å². The van der Waals surface area contributed by atoms with E-state index in [1.807, 2.05) is 84.9 Å². The van der Waals surface area contributed by atoms with E-state index in [1.165, 1.54) is 5.56 Å². The third-order valence-corrected chi connectivity index (χ3v) is 6.95. The van der Waals surface area contributed by atoms with E-state index in [2.05, 4.69) is 11.8 Å². The Bertz CT molecular complexity index is 951. The van der Waals surface area contributed by atoms with E-state index < -0.39 is 5.60 Å². The van der Waals surface area contributed by atoms with Crippen molar-refractivity contribution in [1.82, 2.24) is 4.90 Å². The molecule has 166 valence electrons. The molecule has 1 heterocycles. The van der Waals surface area contributed by atoms with Gasteiger partial charge in [0.2, 0.25) is 0 Å². The number of nitrogens with zero attached hydrogens (tertiary/aromatic N) is 1. The first-order valence-corrected chi connectivity index (χ1v) is 11.8. The number of ketones is 1. The van der Waals surface area contributed by atoms with Gasteiger partial charge in [-0.1, -0.05) is 91.9 Å². The second kappa shape index (κ2) is 10.2. The van der Waals surface area contributed by atoms with Crippen molar-refractivity contribution in [3.63, 3.8) is 0 Å². The summed E-state index contributed by atoms with van der Waals surface area (Å²) in [6.07, 6.45) is 3.33. The number of hydrogen-bond donors (Lipinski definition) is 1. The second-order valence-electron chi connectivity index (χ2n) is 8.84. The number of Topliss-reactive ketones (excluding diaryl/α,β-unsaturated/α-hetero) is 1. The lowest BCUT2D eigenvalue weighted by Crippen LogP contribution is -2.44. The van der Waals surface area contributed by atoms with E-state index in [-0.39, 0.29) is 11.7 Å². The number of benzene rings is 3. The molecule has 0 aliphatic carbocycles. The molecule has 1 fully saturated rings. The number of carbonyl (C=O) groups excluding carboxylic acids is 1. The van der Waals surface area contributed by atoms with Crippen LogP contribution in [0.5, 0.6) is 0 Å². The fourth-order valence-corrected chi connectivity index (χ4v) is 4.93. The number of hydrogen-bond acceptors (Lipinski definition) is 3. The summed E-state index contributed by atoms with van der Waals surface area (Å²) in [4.78, 5) is 15.0. The van der Waals surface area contributed by atoms with Gasteiger partial charge >= 0.3 is 0 Å². The molecule has 0 unspecified atom stereocenters. The SMILES string of the molecule is CCc1ccc(C(=O)CCN2CCC(C(O)(c3ccccc3)c3ccccc3)CC2)cc1. The molecule has 3 heteroatoms. The Labute approximate surface area is 191 Å². The first-order valence-electron chi connectivity index (χ1n) is 11.8. The normalized spacial score (nSPS) is 15.6. The van der Waals surface area contributed by atoms with E-state index in [0.717, 1.165) is 55.6 Å². The summed E-state index contributed by atoms with van der Waals surface area (Å²) < 4.78 is 0. The van der Waals surface area contributed by atoms with Crippen LogP contribution in [0.15, 0.2) is 84.9 Å². The summed E-state index contributed by atoms with van der Waals surface area (Å²) in [5.74, 6) is 0.348. The summed E-state index contributed by atoms with van der Waals surface area (Å²) in [6, 6.07) is 28.1. The molecular weight excluding hydrogens is 394 g/mol. The lowest BCUT2D eigenvalue weighted by Gasteiger charge is -2.42. The molecule has 3 aromatic rings. The van der Waals surface area contributed by atoms with Crippen molar-refractivity contribution in [2.45, 2.75) is 38.2 Å². The van der Waals surface area contributed by atoms with Crippen molar-refractivity contribution in [3.8, 4) is 0 Å². The van der Waals surface area contributed by atoms with Crippen molar-refractivity contribution in [2.24, 2.45) is 5.92 Å². The van der Waals surface area contributed by atoms with Gasteiger partial charge in [0, 0.05) is 18.5 Å². The van der Waals surface area contributed by atoms with Gasteiger partial charge < -0.3 is 10.0 Å². The predicted molar refractivity (Wildman–Crippen MR) is 130 cm³/mol. The average molecular weight is 428 g/mol. The molecule has 0 atom stereocenters. The van der Waals surface area contributed by atoms with Gasteiger partial charge in [-0.15, -0.1) is 0 Å².